The van der Waals surface area contributed by atoms with Crippen LogP contribution in [0.2, 0.25) is 0 Å². The van der Waals surface area contributed by atoms with Crippen LogP contribution in [-0.4, -0.2) is 27.3 Å². The van der Waals surface area contributed by atoms with Gasteiger partial charge in [0.25, 0.3) is 0 Å². The molecule has 0 amide bonds. The number of fused-ring (bicyclic) bond motifs is 3. The van der Waals surface area contributed by atoms with Crippen molar-refractivity contribution in [3.8, 4) is 22.6 Å². The first-order chi connectivity index (χ1) is 10.8. The zero-order valence-corrected chi connectivity index (χ0v) is 12.9. The molecule has 0 spiro atoms. The summed E-state index contributed by atoms with van der Waals surface area (Å²) in [6.07, 6.45) is 2.06. The Labute approximate surface area is 132 Å². The molecule has 0 bridgehead atoms. The van der Waals surface area contributed by atoms with E-state index in [9.17, 15) is 0 Å². The molecule has 3 aliphatic rings. The molecule has 0 radical (unpaired) electrons. The summed E-state index contributed by atoms with van der Waals surface area (Å²) in [5.41, 5.74) is 2.90. The summed E-state index contributed by atoms with van der Waals surface area (Å²) in [4.78, 5) is 9.92. The Hall–Kier alpha value is -2.34. The molecule has 6 heteroatoms. The van der Waals surface area contributed by atoms with Crippen LogP contribution in [-0.2, 0) is 6.54 Å². The Balaban J connectivity index is 1.99. The Kier molecular flexibility index (Phi) is 3.11. The lowest BCUT2D eigenvalue weighted by molar-refractivity contribution is 0.777. The normalized spacial score (nSPS) is 13.1. The number of nitrogens with one attached hydrogen (secondary N) is 2. The number of benzene rings is 1. The minimum Gasteiger partial charge on any atom is -0.370 e. The second-order valence-corrected chi connectivity index (χ2v) is 6.04. The molecule has 3 heterocycles. The van der Waals surface area contributed by atoms with E-state index in [1.807, 2.05) is 18.2 Å². The fourth-order valence-electron chi connectivity index (χ4n) is 2.85. The highest BCUT2D eigenvalue weighted by atomic mass is 32.2. The van der Waals surface area contributed by atoms with Crippen molar-refractivity contribution in [2.45, 2.75) is 11.4 Å². The fraction of sp³-hybridized carbons (Fsp3) is 0.188. The van der Waals surface area contributed by atoms with Gasteiger partial charge >= 0.3 is 0 Å². The molecule has 3 aliphatic heterocycles. The van der Waals surface area contributed by atoms with Crippen molar-refractivity contribution in [1.82, 2.24) is 14.5 Å². The molecule has 4 rings (SSSR count). The molecule has 1 aromatic rings. The van der Waals surface area contributed by atoms with Crippen LogP contribution in [0.25, 0.3) is 22.6 Å². The zero-order valence-electron chi connectivity index (χ0n) is 12.1. The van der Waals surface area contributed by atoms with E-state index in [-0.39, 0.29) is 5.62 Å². The Bertz CT molecular complexity index is 886. The van der Waals surface area contributed by atoms with E-state index in [2.05, 4.69) is 44.3 Å². The zero-order chi connectivity index (χ0) is 15.1. The summed E-state index contributed by atoms with van der Waals surface area (Å²) in [5.74, 6) is 1.88. The highest BCUT2D eigenvalue weighted by molar-refractivity contribution is 7.98. The van der Waals surface area contributed by atoms with E-state index in [1.54, 1.807) is 11.8 Å². The largest absolute Gasteiger partial charge is 0.370 e. The van der Waals surface area contributed by atoms with Crippen LogP contribution in [0.5, 0.6) is 0 Å². The number of anilines is 1. The van der Waals surface area contributed by atoms with Gasteiger partial charge in [-0.25, -0.2) is 4.98 Å². The van der Waals surface area contributed by atoms with Crippen LogP contribution in [0.1, 0.15) is 0 Å². The molecule has 5 nitrogen and oxygen atoms in total. The Morgan fingerprint density at radius 1 is 1.23 bits per heavy atom. The van der Waals surface area contributed by atoms with E-state index in [4.69, 9.17) is 5.41 Å². The van der Waals surface area contributed by atoms with Crippen molar-refractivity contribution in [2.24, 2.45) is 0 Å². The highest BCUT2D eigenvalue weighted by Crippen LogP contribution is 2.33. The van der Waals surface area contributed by atoms with Crippen molar-refractivity contribution in [1.29, 1.82) is 5.41 Å². The lowest BCUT2D eigenvalue weighted by Crippen LogP contribution is -2.18. The number of hydrogen-bond donors (Lipinski definition) is 2. The quantitative estimate of drug-likeness (QED) is 0.714. The van der Waals surface area contributed by atoms with Gasteiger partial charge in [0.2, 0.25) is 5.62 Å². The molecule has 2 N–H and O–H groups in total. The number of pyridine rings is 1. The van der Waals surface area contributed by atoms with Crippen LogP contribution >= 0.6 is 11.8 Å². The molecule has 110 valence electrons. The van der Waals surface area contributed by atoms with Crippen molar-refractivity contribution < 1.29 is 0 Å². The van der Waals surface area contributed by atoms with Gasteiger partial charge in [-0.3, -0.25) is 5.41 Å². The first kappa shape index (κ1) is 13.3. The van der Waals surface area contributed by atoms with Crippen LogP contribution in [0.3, 0.4) is 0 Å². The maximum atomic E-state index is 7.97. The van der Waals surface area contributed by atoms with E-state index >= 15 is 0 Å². The smallest absolute Gasteiger partial charge is 0.244 e. The van der Waals surface area contributed by atoms with Gasteiger partial charge < -0.3 is 9.88 Å². The van der Waals surface area contributed by atoms with E-state index in [0.29, 0.717) is 0 Å². The summed E-state index contributed by atoms with van der Waals surface area (Å²) in [6, 6.07) is 12.4. The number of nitrogens with zero attached hydrogens (tertiary/aromatic N) is 3. The van der Waals surface area contributed by atoms with E-state index in [1.165, 1.54) is 4.90 Å². The average molecular weight is 309 g/mol. The molecule has 0 unspecified atom stereocenters. The van der Waals surface area contributed by atoms with Gasteiger partial charge in [-0.05, 0) is 30.5 Å². The van der Waals surface area contributed by atoms with Crippen LogP contribution < -0.4 is 10.9 Å². The van der Waals surface area contributed by atoms with Gasteiger partial charge in [-0.15, -0.1) is 11.8 Å². The summed E-state index contributed by atoms with van der Waals surface area (Å²) in [6.45, 7) is 1.77. The van der Waals surface area contributed by atoms with Crippen LogP contribution in [0, 0.1) is 5.41 Å². The molecule has 0 aromatic heterocycles. The Morgan fingerprint density at radius 2 is 2.14 bits per heavy atom. The lowest BCUT2D eigenvalue weighted by atomic mass is 10.0. The first-order valence-electron chi connectivity index (χ1n) is 7.11. The third-order valence-electron chi connectivity index (χ3n) is 3.86. The second kappa shape index (κ2) is 5.14. The van der Waals surface area contributed by atoms with Gasteiger partial charge in [-0.2, -0.15) is 4.98 Å². The minimum absolute atomic E-state index is 0.0601. The molecule has 0 saturated heterocycles. The Morgan fingerprint density at radius 3 is 3.00 bits per heavy atom. The molecule has 0 aliphatic carbocycles. The molecule has 0 fully saturated rings. The van der Waals surface area contributed by atoms with Crippen molar-refractivity contribution in [2.75, 3.05) is 18.1 Å². The predicted molar refractivity (Wildman–Crippen MR) is 88.2 cm³/mol. The average Bonchev–Trinajstić information content (AvgIpc) is 3.03. The summed E-state index contributed by atoms with van der Waals surface area (Å²) in [5, 5.41) is 11.3. The maximum absolute atomic E-state index is 7.97. The topological polar surface area (TPSA) is 66.6 Å². The maximum Gasteiger partial charge on any atom is 0.244 e. The standard InChI is InChI=1S/C16H15N5S/c1-22-11-4-2-3-10(9-11)14-12-5-6-13-18-7-8-21(13)15(12)20-16(17)19-14/h2-6,9,17-18H,7-8H2,1H3. The molecular formula is C16H15N5S. The minimum atomic E-state index is 0.0601. The SMILES string of the molecule is CSc1cccc(-c2nc(=N)nc3n4c(ccc2-3)NCC4)c1. The molecule has 1 aromatic carbocycles. The van der Waals surface area contributed by atoms with Crippen molar-refractivity contribution in [3.05, 3.63) is 42.0 Å². The van der Waals surface area contributed by atoms with Crippen molar-refractivity contribution in [3.63, 3.8) is 0 Å². The summed E-state index contributed by atoms with van der Waals surface area (Å²) >= 11 is 1.70. The van der Waals surface area contributed by atoms with Crippen molar-refractivity contribution >= 4 is 17.6 Å². The van der Waals surface area contributed by atoms with Crippen LogP contribution in [0.4, 0.5) is 5.82 Å². The van der Waals surface area contributed by atoms with E-state index in [0.717, 1.165) is 41.6 Å². The highest BCUT2D eigenvalue weighted by Gasteiger charge is 2.20. The lowest BCUT2D eigenvalue weighted by Gasteiger charge is -2.15. The number of hydrogen-bond acceptors (Lipinski definition) is 5. The number of rotatable bonds is 2. The van der Waals surface area contributed by atoms with Gasteiger partial charge in [0.1, 0.15) is 11.6 Å². The molecule has 0 atom stereocenters. The van der Waals surface area contributed by atoms with E-state index < -0.39 is 0 Å². The molecular weight excluding hydrogens is 294 g/mol. The monoisotopic (exact) mass is 309 g/mol. The van der Waals surface area contributed by atoms with Gasteiger partial charge in [0, 0.05) is 29.1 Å². The third-order valence-corrected chi connectivity index (χ3v) is 4.59. The second-order valence-electron chi connectivity index (χ2n) is 5.16. The molecule has 22 heavy (non-hydrogen) atoms. The summed E-state index contributed by atoms with van der Waals surface area (Å²) in [7, 11) is 0. The first-order valence-corrected chi connectivity index (χ1v) is 8.33. The van der Waals surface area contributed by atoms with Gasteiger partial charge in [-0.1, -0.05) is 12.1 Å². The van der Waals surface area contributed by atoms with Gasteiger partial charge in [0.05, 0.1) is 5.69 Å². The fourth-order valence-corrected chi connectivity index (χ4v) is 3.31. The van der Waals surface area contributed by atoms with Gasteiger partial charge in [0.15, 0.2) is 0 Å². The summed E-state index contributed by atoms with van der Waals surface area (Å²) < 4.78 is 2.12. The number of thioether (sulfide) groups is 1. The number of aromatic nitrogens is 3. The predicted octanol–water partition coefficient (Wildman–Crippen LogP) is 2.68. The molecule has 0 saturated carbocycles. The third kappa shape index (κ3) is 2.07. The van der Waals surface area contributed by atoms with Crippen LogP contribution in [0.15, 0.2) is 41.3 Å².